The van der Waals surface area contributed by atoms with E-state index in [1.54, 1.807) is 4.31 Å². The average Bonchev–Trinajstić information content (AvgIpc) is 2.29. The van der Waals surface area contributed by atoms with Crippen molar-refractivity contribution in [1.82, 2.24) is 4.31 Å². The van der Waals surface area contributed by atoms with Crippen LogP contribution in [-0.2, 0) is 10.0 Å². The molecule has 0 aliphatic carbocycles. The van der Waals surface area contributed by atoms with E-state index in [0.717, 1.165) is 13.1 Å². The molecule has 0 atom stereocenters. The standard InChI is InChI=1S/C12H18N2O2S/c1-11-5-3-4-6-12(11)13-7-9-14(10-8-13)17(2,15)16/h3-6H,7-10H2,1-2H3. The first-order valence-corrected chi connectivity index (χ1v) is 7.59. The summed E-state index contributed by atoms with van der Waals surface area (Å²) in [6, 6.07) is 8.21. The quantitative estimate of drug-likeness (QED) is 0.793. The number of aryl methyl sites for hydroxylation is 1. The first-order chi connectivity index (χ1) is 7.98. The van der Waals surface area contributed by atoms with Crippen LogP contribution in [0.15, 0.2) is 24.3 Å². The monoisotopic (exact) mass is 254 g/mol. The van der Waals surface area contributed by atoms with Crippen LogP contribution in [0.2, 0.25) is 0 Å². The molecule has 1 aliphatic heterocycles. The van der Waals surface area contributed by atoms with Crippen LogP contribution in [0.5, 0.6) is 0 Å². The fourth-order valence-electron chi connectivity index (χ4n) is 2.18. The first kappa shape index (κ1) is 12.4. The van der Waals surface area contributed by atoms with E-state index in [2.05, 4.69) is 24.0 Å². The number of piperazine rings is 1. The predicted octanol–water partition coefficient (Wildman–Crippen LogP) is 1.08. The number of anilines is 1. The van der Waals surface area contributed by atoms with E-state index < -0.39 is 10.0 Å². The lowest BCUT2D eigenvalue weighted by Crippen LogP contribution is -2.48. The van der Waals surface area contributed by atoms with E-state index in [1.165, 1.54) is 17.5 Å². The third kappa shape index (κ3) is 2.79. The minimum atomic E-state index is -3.03. The number of rotatable bonds is 2. The van der Waals surface area contributed by atoms with Gasteiger partial charge < -0.3 is 4.90 Å². The molecule has 0 aromatic heterocycles. The summed E-state index contributed by atoms with van der Waals surface area (Å²) < 4.78 is 24.4. The minimum absolute atomic E-state index is 0.577. The lowest BCUT2D eigenvalue weighted by Gasteiger charge is -2.35. The first-order valence-electron chi connectivity index (χ1n) is 5.74. The predicted molar refractivity (Wildman–Crippen MR) is 69.8 cm³/mol. The molecule has 0 bridgehead atoms. The van der Waals surface area contributed by atoms with Crippen LogP contribution in [-0.4, -0.2) is 45.2 Å². The summed E-state index contributed by atoms with van der Waals surface area (Å²) in [4.78, 5) is 2.25. The van der Waals surface area contributed by atoms with Gasteiger partial charge in [-0.25, -0.2) is 8.42 Å². The molecule has 1 aliphatic rings. The Labute approximate surface area is 103 Å². The molecule has 17 heavy (non-hydrogen) atoms. The molecule has 0 amide bonds. The zero-order valence-corrected chi connectivity index (χ0v) is 11.1. The zero-order chi connectivity index (χ0) is 12.5. The molecule has 0 N–H and O–H groups in total. The topological polar surface area (TPSA) is 40.6 Å². The van der Waals surface area contributed by atoms with Gasteiger partial charge in [0.15, 0.2) is 0 Å². The Bertz CT molecular complexity index is 491. The molecule has 1 fully saturated rings. The zero-order valence-electron chi connectivity index (χ0n) is 10.3. The van der Waals surface area contributed by atoms with E-state index >= 15 is 0 Å². The molecular weight excluding hydrogens is 236 g/mol. The lowest BCUT2D eigenvalue weighted by atomic mass is 10.1. The molecule has 5 heteroatoms. The summed E-state index contributed by atoms with van der Waals surface area (Å²) in [5.74, 6) is 0. The highest BCUT2D eigenvalue weighted by Crippen LogP contribution is 2.21. The maximum atomic E-state index is 11.4. The number of para-hydroxylation sites is 1. The van der Waals surface area contributed by atoms with Gasteiger partial charge in [-0.2, -0.15) is 4.31 Å². The van der Waals surface area contributed by atoms with Gasteiger partial charge in [0.2, 0.25) is 10.0 Å². The second-order valence-corrected chi connectivity index (χ2v) is 6.42. The van der Waals surface area contributed by atoms with E-state index in [4.69, 9.17) is 0 Å². The van der Waals surface area contributed by atoms with Gasteiger partial charge in [0.05, 0.1) is 6.26 Å². The van der Waals surface area contributed by atoms with Gasteiger partial charge in [-0.3, -0.25) is 0 Å². The fraction of sp³-hybridized carbons (Fsp3) is 0.500. The Kier molecular flexibility index (Phi) is 3.40. The van der Waals surface area contributed by atoms with Crippen molar-refractivity contribution in [2.24, 2.45) is 0 Å². The van der Waals surface area contributed by atoms with Crippen molar-refractivity contribution in [3.8, 4) is 0 Å². The van der Waals surface area contributed by atoms with Gasteiger partial charge in [0.25, 0.3) is 0 Å². The smallest absolute Gasteiger partial charge is 0.211 e. The molecule has 4 nitrogen and oxygen atoms in total. The summed E-state index contributed by atoms with van der Waals surface area (Å²) >= 11 is 0. The normalized spacial score (nSPS) is 18.4. The molecule has 1 saturated heterocycles. The van der Waals surface area contributed by atoms with Crippen LogP contribution in [0.4, 0.5) is 5.69 Å². The Morgan fingerprint density at radius 2 is 1.65 bits per heavy atom. The maximum absolute atomic E-state index is 11.4. The molecule has 94 valence electrons. The van der Waals surface area contributed by atoms with Crippen LogP contribution in [0.1, 0.15) is 5.56 Å². The van der Waals surface area contributed by atoms with E-state index in [1.807, 2.05) is 12.1 Å². The van der Waals surface area contributed by atoms with Crippen LogP contribution in [0.25, 0.3) is 0 Å². The molecular formula is C12H18N2O2S. The molecule has 0 saturated carbocycles. The van der Waals surface area contributed by atoms with Crippen molar-refractivity contribution in [1.29, 1.82) is 0 Å². The van der Waals surface area contributed by atoms with E-state index in [-0.39, 0.29) is 0 Å². The van der Waals surface area contributed by atoms with Gasteiger partial charge in [-0.1, -0.05) is 18.2 Å². The Balaban J connectivity index is 2.08. The van der Waals surface area contributed by atoms with E-state index in [9.17, 15) is 8.42 Å². The van der Waals surface area contributed by atoms with Gasteiger partial charge in [-0.15, -0.1) is 0 Å². The van der Waals surface area contributed by atoms with Gasteiger partial charge >= 0.3 is 0 Å². The number of benzene rings is 1. The Hall–Kier alpha value is -1.07. The SMILES string of the molecule is Cc1ccccc1N1CCN(S(C)(=O)=O)CC1. The van der Waals surface area contributed by atoms with Crippen molar-refractivity contribution >= 4 is 15.7 Å². The molecule has 0 radical (unpaired) electrons. The van der Waals surface area contributed by atoms with Gasteiger partial charge in [-0.05, 0) is 18.6 Å². The lowest BCUT2D eigenvalue weighted by molar-refractivity contribution is 0.388. The van der Waals surface area contributed by atoms with Crippen molar-refractivity contribution in [3.05, 3.63) is 29.8 Å². The van der Waals surface area contributed by atoms with Crippen LogP contribution in [0, 0.1) is 6.92 Å². The number of nitrogens with zero attached hydrogens (tertiary/aromatic N) is 2. The second-order valence-electron chi connectivity index (χ2n) is 4.44. The van der Waals surface area contributed by atoms with Crippen molar-refractivity contribution in [2.75, 3.05) is 37.3 Å². The molecule has 1 heterocycles. The summed E-state index contributed by atoms with van der Waals surface area (Å²) in [5.41, 5.74) is 2.45. The summed E-state index contributed by atoms with van der Waals surface area (Å²) in [6.07, 6.45) is 1.27. The Morgan fingerprint density at radius 1 is 1.06 bits per heavy atom. The Morgan fingerprint density at radius 3 is 2.18 bits per heavy atom. The average molecular weight is 254 g/mol. The highest BCUT2D eigenvalue weighted by molar-refractivity contribution is 7.88. The van der Waals surface area contributed by atoms with Crippen LogP contribution < -0.4 is 4.90 Å². The number of hydrogen-bond acceptors (Lipinski definition) is 3. The summed E-state index contributed by atoms with van der Waals surface area (Å²) in [5, 5.41) is 0. The van der Waals surface area contributed by atoms with Crippen molar-refractivity contribution in [2.45, 2.75) is 6.92 Å². The van der Waals surface area contributed by atoms with E-state index in [0.29, 0.717) is 13.1 Å². The molecule has 1 aromatic carbocycles. The maximum Gasteiger partial charge on any atom is 0.211 e. The largest absolute Gasteiger partial charge is 0.369 e. The highest BCUT2D eigenvalue weighted by Gasteiger charge is 2.23. The molecule has 2 rings (SSSR count). The minimum Gasteiger partial charge on any atom is -0.369 e. The van der Waals surface area contributed by atoms with Gasteiger partial charge in [0, 0.05) is 31.9 Å². The fourth-order valence-corrected chi connectivity index (χ4v) is 3.01. The molecule has 1 aromatic rings. The molecule has 0 unspecified atom stereocenters. The number of hydrogen-bond donors (Lipinski definition) is 0. The summed E-state index contributed by atoms with van der Waals surface area (Å²) in [7, 11) is -3.03. The summed E-state index contributed by atoms with van der Waals surface area (Å²) in [6.45, 7) is 4.76. The molecule has 0 spiro atoms. The van der Waals surface area contributed by atoms with Crippen LogP contribution >= 0.6 is 0 Å². The number of sulfonamides is 1. The van der Waals surface area contributed by atoms with Crippen molar-refractivity contribution < 1.29 is 8.42 Å². The highest BCUT2D eigenvalue weighted by atomic mass is 32.2. The van der Waals surface area contributed by atoms with Crippen molar-refractivity contribution in [3.63, 3.8) is 0 Å². The third-order valence-corrected chi connectivity index (χ3v) is 4.47. The van der Waals surface area contributed by atoms with Gasteiger partial charge in [0.1, 0.15) is 0 Å². The third-order valence-electron chi connectivity index (χ3n) is 3.16. The van der Waals surface area contributed by atoms with Crippen LogP contribution in [0.3, 0.4) is 0 Å². The second kappa shape index (κ2) is 4.66.